The summed E-state index contributed by atoms with van der Waals surface area (Å²) >= 11 is 5.76. The Balaban J connectivity index is 3.35. The molecule has 1 aromatic rings. The number of nitrogens with zero attached hydrogens (tertiary/aromatic N) is 1. The van der Waals surface area contributed by atoms with Gasteiger partial charge in [-0.2, -0.15) is 5.26 Å². The van der Waals surface area contributed by atoms with Crippen LogP contribution in [0.15, 0.2) is 18.2 Å². The van der Waals surface area contributed by atoms with Crippen molar-refractivity contribution >= 4 is 17.4 Å². The quantitative estimate of drug-likeness (QED) is 0.507. The number of halogens is 1. The predicted molar refractivity (Wildman–Crippen MR) is 47.2 cm³/mol. The molecule has 0 aromatic heterocycles. The monoisotopic (exact) mass is 179 g/mol. The van der Waals surface area contributed by atoms with Crippen LogP contribution in [0.5, 0.6) is 0 Å². The lowest BCUT2D eigenvalue weighted by atomic mass is 10.1. The zero-order chi connectivity index (χ0) is 9.14. The van der Waals surface area contributed by atoms with Crippen LogP contribution in [0.3, 0.4) is 0 Å². The van der Waals surface area contributed by atoms with Gasteiger partial charge in [-0.15, -0.1) is 0 Å². The maximum Gasteiger partial charge on any atom is 0.124 e. The van der Waals surface area contributed by atoms with Gasteiger partial charge >= 0.3 is 0 Å². The summed E-state index contributed by atoms with van der Waals surface area (Å²) in [5.41, 5.74) is 5.96. The molecule has 60 valence electrons. The number of nitrogens with one attached hydrogen (secondary N) is 1. The van der Waals surface area contributed by atoms with E-state index in [1.165, 1.54) is 0 Å². The summed E-state index contributed by atoms with van der Waals surface area (Å²) in [7, 11) is 0. The highest BCUT2D eigenvalue weighted by atomic mass is 35.5. The van der Waals surface area contributed by atoms with Crippen molar-refractivity contribution < 1.29 is 0 Å². The van der Waals surface area contributed by atoms with Gasteiger partial charge < -0.3 is 5.73 Å². The molecule has 1 rings (SSSR count). The van der Waals surface area contributed by atoms with E-state index in [1.54, 1.807) is 18.2 Å². The van der Waals surface area contributed by atoms with E-state index in [-0.39, 0.29) is 10.9 Å². The first-order valence-corrected chi connectivity index (χ1v) is 3.57. The molecule has 1 aromatic carbocycles. The Hall–Kier alpha value is -1.53. The van der Waals surface area contributed by atoms with Gasteiger partial charge in [0.25, 0.3) is 0 Å². The molecule has 3 nitrogen and oxygen atoms in total. The summed E-state index contributed by atoms with van der Waals surface area (Å²) in [5.74, 6) is -0.128. The SMILES string of the molecule is N#Cc1cccc(C(=N)N)c1Cl. The van der Waals surface area contributed by atoms with E-state index in [0.717, 1.165) is 0 Å². The highest BCUT2D eigenvalue weighted by Crippen LogP contribution is 2.19. The minimum atomic E-state index is -0.128. The molecule has 0 aliphatic carbocycles. The number of hydrogen-bond donors (Lipinski definition) is 2. The Labute approximate surface area is 74.9 Å². The van der Waals surface area contributed by atoms with Crippen molar-refractivity contribution in [3.63, 3.8) is 0 Å². The minimum absolute atomic E-state index is 0.128. The van der Waals surface area contributed by atoms with Crippen molar-refractivity contribution in [1.82, 2.24) is 0 Å². The smallest absolute Gasteiger partial charge is 0.124 e. The van der Waals surface area contributed by atoms with Crippen LogP contribution in [0.2, 0.25) is 5.02 Å². The third-order valence-electron chi connectivity index (χ3n) is 1.41. The first-order chi connectivity index (χ1) is 5.66. The summed E-state index contributed by atoms with van der Waals surface area (Å²) < 4.78 is 0. The maximum atomic E-state index is 8.58. The van der Waals surface area contributed by atoms with Gasteiger partial charge in [-0.3, -0.25) is 5.41 Å². The number of nitrogens with two attached hydrogens (primary N) is 1. The molecule has 0 heterocycles. The van der Waals surface area contributed by atoms with Gasteiger partial charge in [-0.05, 0) is 12.1 Å². The highest BCUT2D eigenvalue weighted by Gasteiger charge is 2.06. The number of nitriles is 1. The second-order valence-corrected chi connectivity index (χ2v) is 2.57. The molecule has 4 heteroatoms. The Morgan fingerprint density at radius 2 is 2.25 bits per heavy atom. The molecular weight excluding hydrogens is 174 g/mol. The van der Waals surface area contributed by atoms with Gasteiger partial charge in [0.15, 0.2) is 0 Å². The largest absolute Gasteiger partial charge is 0.384 e. The topological polar surface area (TPSA) is 73.7 Å². The number of rotatable bonds is 1. The van der Waals surface area contributed by atoms with E-state index in [9.17, 15) is 0 Å². The average Bonchev–Trinajstić information content (AvgIpc) is 2.04. The first kappa shape index (κ1) is 8.57. The fourth-order valence-electron chi connectivity index (χ4n) is 0.826. The van der Waals surface area contributed by atoms with Crippen molar-refractivity contribution in [1.29, 1.82) is 10.7 Å². The maximum absolute atomic E-state index is 8.58. The molecule has 0 radical (unpaired) electrons. The zero-order valence-electron chi connectivity index (χ0n) is 6.13. The zero-order valence-corrected chi connectivity index (χ0v) is 6.89. The molecule has 12 heavy (non-hydrogen) atoms. The van der Waals surface area contributed by atoms with E-state index in [1.807, 2.05) is 6.07 Å². The third-order valence-corrected chi connectivity index (χ3v) is 1.82. The fourth-order valence-corrected chi connectivity index (χ4v) is 1.10. The molecule has 0 spiro atoms. The van der Waals surface area contributed by atoms with E-state index >= 15 is 0 Å². The van der Waals surface area contributed by atoms with Gasteiger partial charge in [-0.25, -0.2) is 0 Å². The second kappa shape index (κ2) is 3.24. The Kier molecular flexibility index (Phi) is 2.32. The molecule has 0 unspecified atom stereocenters. The molecule has 0 atom stereocenters. The van der Waals surface area contributed by atoms with Crippen LogP contribution in [0.4, 0.5) is 0 Å². The Bertz CT molecular complexity index is 365. The number of amidine groups is 1. The molecule has 0 amide bonds. The van der Waals surface area contributed by atoms with Crippen LogP contribution in [0.25, 0.3) is 0 Å². The van der Waals surface area contributed by atoms with Crippen LogP contribution in [0.1, 0.15) is 11.1 Å². The molecular formula is C8H6ClN3. The van der Waals surface area contributed by atoms with Crippen molar-refractivity contribution in [3.8, 4) is 6.07 Å². The van der Waals surface area contributed by atoms with Gasteiger partial charge in [0.05, 0.1) is 10.6 Å². The van der Waals surface area contributed by atoms with Crippen molar-refractivity contribution in [2.45, 2.75) is 0 Å². The van der Waals surface area contributed by atoms with E-state index < -0.39 is 0 Å². The van der Waals surface area contributed by atoms with Gasteiger partial charge in [-0.1, -0.05) is 17.7 Å². The van der Waals surface area contributed by atoms with Crippen LogP contribution in [-0.2, 0) is 0 Å². The Morgan fingerprint density at radius 1 is 1.58 bits per heavy atom. The molecule has 0 saturated carbocycles. The summed E-state index contributed by atoms with van der Waals surface area (Å²) in [4.78, 5) is 0. The lowest BCUT2D eigenvalue weighted by Crippen LogP contribution is -2.11. The summed E-state index contributed by atoms with van der Waals surface area (Å²) in [6.45, 7) is 0. The average molecular weight is 180 g/mol. The van der Waals surface area contributed by atoms with Crippen LogP contribution < -0.4 is 5.73 Å². The molecule has 0 bridgehead atoms. The summed E-state index contributed by atoms with van der Waals surface area (Å²) in [6.07, 6.45) is 0. The normalized spacial score (nSPS) is 9.00. The predicted octanol–water partition coefficient (Wildman–Crippen LogP) is 1.50. The standard InChI is InChI=1S/C8H6ClN3/c9-7-5(4-10)2-1-3-6(7)8(11)12/h1-3H,(H3,11,12). The lowest BCUT2D eigenvalue weighted by molar-refractivity contribution is 1.41. The fraction of sp³-hybridized carbons (Fsp3) is 0. The van der Waals surface area contributed by atoms with E-state index in [4.69, 9.17) is 28.0 Å². The van der Waals surface area contributed by atoms with Crippen molar-refractivity contribution in [3.05, 3.63) is 34.3 Å². The number of hydrogen-bond acceptors (Lipinski definition) is 2. The van der Waals surface area contributed by atoms with E-state index in [0.29, 0.717) is 11.1 Å². The minimum Gasteiger partial charge on any atom is -0.384 e. The molecule has 3 N–H and O–H groups in total. The summed E-state index contributed by atoms with van der Waals surface area (Å²) in [5, 5.41) is 16.0. The van der Waals surface area contributed by atoms with Crippen molar-refractivity contribution in [2.75, 3.05) is 0 Å². The van der Waals surface area contributed by atoms with E-state index in [2.05, 4.69) is 0 Å². The highest BCUT2D eigenvalue weighted by molar-refractivity contribution is 6.35. The second-order valence-electron chi connectivity index (χ2n) is 2.19. The van der Waals surface area contributed by atoms with Gasteiger partial charge in [0.2, 0.25) is 0 Å². The van der Waals surface area contributed by atoms with Crippen LogP contribution in [-0.4, -0.2) is 5.84 Å². The lowest BCUT2D eigenvalue weighted by Gasteiger charge is -2.01. The third kappa shape index (κ3) is 1.39. The first-order valence-electron chi connectivity index (χ1n) is 3.20. The van der Waals surface area contributed by atoms with Gasteiger partial charge in [0, 0.05) is 5.56 Å². The number of benzene rings is 1. The van der Waals surface area contributed by atoms with Gasteiger partial charge in [0.1, 0.15) is 11.9 Å². The Morgan fingerprint density at radius 3 is 2.75 bits per heavy atom. The van der Waals surface area contributed by atoms with Crippen molar-refractivity contribution in [2.24, 2.45) is 5.73 Å². The molecule has 0 aliphatic rings. The molecule has 0 fully saturated rings. The number of nitrogen functional groups attached to an aromatic ring is 1. The van der Waals surface area contributed by atoms with Crippen LogP contribution in [0, 0.1) is 16.7 Å². The molecule has 0 saturated heterocycles. The summed E-state index contributed by atoms with van der Waals surface area (Å²) in [6, 6.07) is 6.73. The van der Waals surface area contributed by atoms with Crippen LogP contribution >= 0.6 is 11.6 Å². The molecule has 0 aliphatic heterocycles.